The molecule has 21 heteroatoms. The minimum absolute atomic E-state index is 0.00463. The topological polar surface area (TPSA) is 246 Å². The predicted octanol–water partition coefficient (Wildman–Crippen LogP) is 10.3. The van der Waals surface area contributed by atoms with E-state index in [0.717, 1.165) is 62.5 Å². The summed E-state index contributed by atoms with van der Waals surface area (Å²) < 4.78 is 40.4. The fourth-order valence-corrected chi connectivity index (χ4v) is 11.9. The zero-order chi connectivity index (χ0) is 58.3. The van der Waals surface area contributed by atoms with Crippen LogP contribution in [-0.4, -0.2) is 97.6 Å². The number of H-pyrrole nitrogens is 2. The summed E-state index contributed by atoms with van der Waals surface area (Å²) in [7, 11) is 0. The fourth-order valence-electron chi connectivity index (χ4n) is 11.9. The van der Waals surface area contributed by atoms with Gasteiger partial charge in [0.2, 0.25) is 0 Å². The molecule has 2 aliphatic heterocycles. The Morgan fingerprint density at radius 1 is 0.617 bits per heavy atom. The van der Waals surface area contributed by atoms with Gasteiger partial charge in [0.05, 0.1) is 30.7 Å². The van der Waals surface area contributed by atoms with Crippen LogP contribution in [0.3, 0.4) is 0 Å². The van der Waals surface area contributed by atoms with Gasteiger partial charge in [-0.05, 0) is 171 Å². The summed E-state index contributed by atoms with van der Waals surface area (Å²) in [5.74, 6) is 0.766. The van der Waals surface area contributed by atoms with Gasteiger partial charge in [-0.2, -0.15) is 14.8 Å². The summed E-state index contributed by atoms with van der Waals surface area (Å²) >= 11 is 0. The highest BCUT2D eigenvalue weighted by Gasteiger charge is 2.54. The molecular weight excluding hydrogens is 1040 g/mol. The molecular formula is C60H73F3N14O4. The first-order chi connectivity index (χ1) is 38.6. The summed E-state index contributed by atoms with van der Waals surface area (Å²) in [6.07, 6.45) is 8.25. The second kappa shape index (κ2) is 24.9. The van der Waals surface area contributed by atoms with Gasteiger partial charge >= 0.3 is 6.04 Å². The number of benzene rings is 4. The molecule has 2 fully saturated rings. The number of carbonyl (C=O) groups excluding carboxylic acids is 4. The summed E-state index contributed by atoms with van der Waals surface area (Å²) in [6, 6.07) is 23.7. The Morgan fingerprint density at radius 3 is 1.32 bits per heavy atom. The molecule has 5 N–H and O–H groups in total. The molecule has 0 radical (unpaired) electrons. The molecule has 3 amide bonds. The molecule has 2 saturated carbocycles. The lowest BCUT2D eigenvalue weighted by Crippen LogP contribution is -2.51. The first kappa shape index (κ1) is 59.3. The van der Waals surface area contributed by atoms with Crippen LogP contribution in [0.5, 0.6) is 0 Å². The zero-order valence-electron chi connectivity index (χ0n) is 47.3. The number of aromatic amines is 2. The van der Waals surface area contributed by atoms with Crippen LogP contribution in [0, 0.1) is 34.3 Å². The monoisotopic (exact) mass is 1110 g/mol. The number of amides is 3. The quantitative estimate of drug-likeness (QED) is 0.0792. The maximum atomic E-state index is 14.1. The van der Waals surface area contributed by atoms with Crippen molar-refractivity contribution in [3.63, 3.8) is 0 Å². The van der Waals surface area contributed by atoms with Crippen molar-refractivity contribution in [1.82, 2.24) is 56.4 Å². The molecule has 18 nitrogen and oxygen atoms in total. The maximum Gasteiger partial charge on any atom is 0.332 e. The van der Waals surface area contributed by atoms with Gasteiger partial charge in [0, 0.05) is 16.7 Å². The summed E-state index contributed by atoms with van der Waals surface area (Å²) in [4.78, 5) is 65.8. The van der Waals surface area contributed by atoms with Crippen LogP contribution in [0.1, 0.15) is 186 Å². The van der Waals surface area contributed by atoms with Crippen molar-refractivity contribution in [2.24, 2.45) is 38.4 Å². The van der Waals surface area contributed by atoms with Crippen molar-refractivity contribution in [3.05, 3.63) is 154 Å². The van der Waals surface area contributed by atoms with Gasteiger partial charge in [-0.1, -0.05) is 90.1 Å². The Hall–Kier alpha value is -7.81. The largest absolute Gasteiger partial charge is 0.345 e. The Labute approximate surface area is 470 Å². The van der Waals surface area contributed by atoms with E-state index in [4.69, 9.17) is 15.7 Å². The molecule has 428 valence electrons. The number of aliphatic imine (C=N–C) groups is 2. The highest BCUT2D eigenvalue weighted by molar-refractivity contribution is 6.47. The minimum atomic E-state index is -1.48. The lowest BCUT2D eigenvalue weighted by atomic mass is 9.69. The van der Waals surface area contributed by atoms with Gasteiger partial charge in [0.1, 0.15) is 34.4 Å². The average Bonchev–Trinajstić information content (AvgIpc) is 4.33. The van der Waals surface area contributed by atoms with E-state index in [1.54, 1.807) is 48.5 Å². The van der Waals surface area contributed by atoms with Crippen LogP contribution in [0.25, 0.3) is 0 Å². The lowest BCUT2D eigenvalue weighted by molar-refractivity contribution is -0.134. The van der Waals surface area contributed by atoms with Crippen LogP contribution >= 0.6 is 0 Å². The number of nitrogens with two attached hydrogens (primary N) is 1. The second-order valence-electron chi connectivity index (χ2n) is 23.4. The number of nitrogens with one attached hydrogen (secondary N) is 3. The molecule has 81 heavy (non-hydrogen) atoms. The van der Waals surface area contributed by atoms with E-state index in [-0.39, 0.29) is 64.4 Å². The molecule has 2 aromatic heterocycles. The van der Waals surface area contributed by atoms with Crippen molar-refractivity contribution < 1.29 is 32.3 Å². The van der Waals surface area contributed by atoms with Crippen LogP contribution in [0.15, 0.2) is 107 Å². The number of nitrogens with zero attached hydrogens (tertiary/aromatic N) is 10. The Bertz CT molecular complexity index is 3160. The number of rotatable bonds is 13. The lowest BCUT2D eigenvalue weighted by Gasteiger charge is -2.47. The van der Waals surface area contributed by atoms with E-state index in [0.29, 0.717) is 71.0 Å². The van der Waals surface area contributed by atoms with Crippen molar-refractivity contribution >= 4 is 35.2 Å². The van der Waals surface area contributed by atoms with E-state index in [2.05, 4.69) is 95.0 Å². The normalized spacial score (nSPS) is 21.6. The van der Waals surface area contributed by atoms with Crippen molar-refractivity contribution in [3.8, 4) is 0 Å². The molecule has 4 heterocycles. The third kappa shape index (κ3) is 13.4. The Morgan fingerprint density at radius 2 is 1.00 bits per heavy atom. The first-order valence-corrected chi connectivity index (χ1v) is 27.8. The van der Waals surface area contributed by atoms with Crippen LogP contribution in [-0.2, 0) is 22.7 Å². The highest BCUT2D eigenvalue weighted by atomic mass is 19.1. The molecule has 2 spiro atoms. The molecule has 6 aromatic rings. The molecule has 2 aliphatic carbocycles. The molecule has 4 aromatic carbocycles. The van der Waals surface area contributed by atoms with Crippen molar-refractivity contribution in [2.75, 3.05) is 0 Å². The standard InChI is InChI=1S/C30H36FN7O2.C28H32F2N2O2.C2H5N5/c1-5-24(19-6-8-21(9-7-19)27(39)32-18-25-34-36-37-35-25)38-28(40)26(20-10-12-23(31)13-11-20)33-30(38)16-14-22(15-17-30)29(2,3)4;1-5-23(18-6-8-20(9-7-18)25(30)33)32-26(34)24(19-10-12-22(29)13-11-19)31-28(32)16-14-21(15-17-28)27(2,3)4;3-1-2-4-6-7-5-2/h6-13,22,24H,5,14-18H2,1-4H3,(H,32,39)(H,34,35,36,37);6-13,21,23H,5,14-17H2,1-4H3;1,3H2,(H,4,5,6,7)/t22?,24-,30?;21?,23-,28?;/m11./s1. The van der Waals surface area contributed by atoms with Gasteiger partial charge in [0.15, 0.2) is 11.6 Å². The van der Waals surface area contributed by atoms with E-state index >= 15 is 0 Å². The van der Waals surface area contributed by atoms with Crippen LogP contribution < -0.4 is 11.1 Å². The van der Waals surface area contributed by atoms with Gasteiger partial charge in [-0.15, -0.1) is 20.4 Å². The van der Waals surface area contributed by atoms with E-state index < -0.39 is 17.4 Å². The highest BCUT2D eigenvalue weighted by Crippen LogP contribution is 2.51. The number of hydrogen-bond acceptors (Lipinski definition) is 13. The van der Waals surface area contributed by atoms with Gasteiger partial charge < -0.3 is 20.9 Å². The molecule has 10 rings (SSSR count). The Kier molecular flexibility index (Phi) is 18.2. The summed E-state index contributed by atoms with van der Waals surface area (Å²) in [5.41, 5.74) is 8.43. The van der Waals surface area contributed by atoms with Gasteiger partial charge in [0.25, 0.3) is 17.7 Å². The zero-order valence-corrected chi connectivity index (χ0v) is 47.3. The fraction of sp³-hybridized carbons (Fsp3) is 0.467. The van der Waals surface area contributed by atoms with Crippen LogP contribution in [0.2, 0.25) is 0 Å². The van der Waals surface area contributed by atoms with Crippen LogP contribution in [0.4, 0.5) is 13.2 Å². The van der Waals surface area contributed by atoms with E-state index in [9.17, 15) is 32.3 Å². The number of carbonyl (C=O) groups is 4. The maximum absolute atomic E-state index is 14.1. The molecule has 0 saturated heterocycles. The Balaban J connectivity index is 0.000000191. The summed E-state index contributed by atoms with van der Waals surface area (Å²) in [5, 5.41) is 29.0. The first-order valence-electron chi connectivity index (χ1n) is 27.8. The van der Waals surface area contributed by atoms with E-state index in [1.165, 1.54) is 36.4 Å². The number of tetrazole rings is 2. The number of hydrogen-bond donors (Lipinski definition) is 4. The smallest absolute Gasteiger partial charge is 0.332 e. The number of halogens is 3. The average molecular weight is 1110 g/mol. The minimum Gasteiger partial charge on any atom is -0.345 e. The predicted molar refractivity (Wildman–Crippen MR) is 300 cm³/mol. The summed E-state index contributed by atoms with van der Waals surface area (Å²) in [6.45, 7) is 18.2. The molecule has 0 unspecified atom stereocenters. The van der Waals surface area contributed by atoms with Gasteiger partial charge in [-0.25, -0.2) is 8.78 Å². The third-order valence-electron chi connectivity index (χ3n) is 16.5. The molecule has 0 bridgehead atoms. The number of aromatic nitrogens is 8. The van der Waals surface area contributed by atoms with E-state index in [1.807, 2.05) is 28.9 Å². The van der Waals surface area contributed by atoms with Crippen molar-refractivity contribution in [1.29, 1.82) is 0 Å². The van der Waals surface area contributed by atoms with Gasteiger partial charge in [-0.3, -0.25) is 29.2 Å². The molecule has 2 atom stereocenters. The second-order valence-corrected chi connectivity index (χ2v) is 23.4. The van der Waals surface area contributed by atoms with Crippen molar-refractivity contribution in [2.45, 2.75) is 156 Å². The SMILES string of the molecule is CC[C@H](c1ccc(C(=O)F)cc1)N1C(=O)C(c2ccc(F)cc2)=NC12CCC(C(C)(C)C)CC2.CC[C@H](c1ccc(C(=O)NCc2nn[nH]n2)cc1)N1C(=O)C(c2ccc(F)cc2)=NC12CCC(C(C)(C)C)CC2.NCc1nn[nH]n1. The molecule has 4 aliphatic rings. The third-order valence-corrected chi connectivity index (χ3v) is 16.5.